The smallest absolute Gasteiger partial charge is 0.349 e. The van der Waals surface area contributed by atoms with Crippen molar-refractivity contribution in [2.45, 2.75) is 26.1 Å². The van der Waals surface area contributed by atoms with E-state index >= 15 is 0 Å². The topological polar surface area (TPSA) is 110 Å². The molecule has 0 unspecified atom stereocenters. The Morgan fingerprint density at radius 3 is 1.53 bits per heavy atom. The summed E-state index contributed by atoms with van der Waals surface area (Å²) in [5, 5.41) is 9.66. The van der Waals surface area contributed by atoms with Crippen LogP contribution < -0.4 is 0 Å². The van der Waals surface area contributed by atoms with Gasteiger partial charge in [0.05, 0.1) is 11.1 Å². The van der Waals surface area contributed by atoms with Crippen LogP contribution in [0.1, 0.15) is 34.6 Å². The molecule has 2 aromatic carbocycles. The predicted octanol–water partition coefficient (Wildman–Crippen LogP) is 2.39. The zero-order valence-corrected chi connectivity index (χ0v) is 16.7. The number of hydrogen-bond donors (Lipinski definition) is 1. The number of nitrogens with zero attached hydrogens (tertiary/aromatic N) is 1. The van der Waals surface area contributed by atoms with Gasteiger partial charge in [-0.2, -0.15) is 0 Å². The van der Waals surface area contributed by atoms with E-state index < -0.39 is 36.0 Å². The number of carboxylic acids is 1. The van der Waals surface area contributed by atoms with Gasteiger partial charge in [0, 0.05) is 13.1 Å². The fourth-order valence-electron chi connectivity index (χ4n) is 2.71. The number of hydrogen-bond acceptors (Lipinski definition) is 6. The van der Waals surface area contributed by atoms with Crippen LogP contribution in [0.5, 0.6) is 0 Å². The van der Waals surface area contributed by atoms with E-state index in [9.17, 15) is 24.3 Å². The molecule has 2 rings (SSSR count). The second kappa shape index (κ2) is 10.8. The van der Waals surface area contributed by atoms with Crippen LogP contribution in [0.25, 0.3) is 0 Å². The largest absolute Gasteiger partial charge is 0.478 e. The number of likely N-dealkylation sites (N-methyl/N-ethyl adjacent to an activating group) is 1. The average molecular weight is 413 g/mol. The Labute approximate surface area is 174 Å². The molecule has 158 valence electrons. The second-order valence-electron chi connectivity index (χ2n) is 6.23. The zero-order chi connectivity index (χ0) is 22.1. The van der Waals surface area contributed by atoms with Crippen molar-refractivity contribution in [3.63, 3.8) is 0 Å². The van der Waals surface area contributed by atoms with Crippen LogP contribution in [-0.4, -0.2) is 59.1 Å². The molecule has 0 aliphatic carbocycles. The van der Waals surface area contributed by atoms with E-state index in [1.54, 1.807) is 50.2 Å². The first kappa shape index (κ1) is 22.6. The van der Waals surface area contributed by atoms with Gasteiger partial charge in [0.15, 0.2) is 0 Å². The van der Waals surface area contributed by atoms with Crippen molar-refractivity contribution < 1.29 is 33.8 Å². The molecule has 0 aliphatic heterocycles. The molecule has 0 heterocycles. The van der Waals surface area contributed by atoms with Crippen LogP contribution in [-0.2, 0) is 19.1 Å². The Morgan fingerprint density at radius 1 is 0.767 bits per heavy atom. The monoisotopic (exact) mass is 413 g/mol. The van der Waals surface area contributed by atoms with Gasteiger partial charge in [-0.05, 0) is 38.1 Å². The molecule has 2 aromatic rings. The maximum absolute atomic E-state index is 12.9. The molecule has 8 nitrogen and oxygen atoms in total. The van der Waals surface area contributed by atoms with Crippen LogP contribution in [0.4, 0.5) is 0 Å². The molecule has 1 amide bonds. The molecule has 1 N–H and O–H groups in total. The highest BCUT2D eigenvalue weighted by Crippen LogP contribution is 2.15. The van der Waals surface area contributed by atoms with E-state index in [1.807, 2.05) is 0 Å². The van der Waals surface area contributed by atoms with Crippen molar-refractivity contribution >= 4 is 23.8 Å². The molecule has 0 saturated carbocycles. The minimum atomic E-state index is -2.02. The van der Waals surface area contributed by atoms with Gasteiger partial charge in [0.2, 0.25) is 12.2 Å². The fraction of sp³-hybridized carbons (Fsp3) is 0.273. The summed E-state index contributed by atoms with van der Waals surface area (Å²) >= 11 is 0. The lowest BCUT2D eigenvalue weighted by Crippen LogP contribution is -2.51. The number of carbonyl (C=O) groups is 4. The minimum absolute atomic E-state index is 0.104. The van der Waals surface area contributed by atoms with Crippen LogP contribution in [0.2, 0.25) is 0 Å². The number of benzene rings is 2. The van der Waals surface area contributed by atoms with Gasteiger partial charge in [-0.3, -0.25) is 4.79 Å². The Bertz CT molecular complexity index is 879. The van der Waals surface area contributed by atoms with Gasteiger partial charge < -0.3 is 19.5 Å². The molecule has 0 spiro atoms. The SMILES string of the molecule is CCN(CC)C(=O)[C@@H](OC(=O)c1ccccc1)[C@H](OC(=O)c1ccccc1)C(=O)O. The standard InChI is InChI=1S/C22H23NO7/c1-3-23(4-2)19(24)17(29-21(27)15-11-7-5-8-12-15)18(20(25)26)30-22(28)16-13-9-6-10-14-16/h5-14,17-18H,3-4H2,1-2H3,(H,25,26)/t17-,18-/m0/s1. The molecular weight excluding hydrogens is 390 g/mol. The second-order valence-corrected chi connectivity index (χ2v) is 6.23. The minimum Gasteiger partial charge on any atom is -0.478 e. The lowest BCUT2D eigenvalue weighted by Gasteiger charge is -2.28. The maximum atomic E-state index is 12.9. The van der Waals surface area contributed by atoms with Gasteiger partial charge in [-0.15, -0.1) is 0 Å². The van der Waals surface area contributed by atoms with Crippen molar-refractivity contribution in [1.82, 2.24) is 4.90 Å². The Morgan fingerprint density at radius 2 is 1.17 bits per heavy atom. The highest BCUT2D eigenvalue weighted by molar-refractivity contribution is 5.96. The van der Waals surface area contributed by atoms with E-state index in [0.717, 1.165) is 0 Å². The number of carboxylic acid groups (broad SMARTS) is 1. The summed E-state index contributed by atoms with van der Waals surface area (Å²) < 4.78 is 10.3. The van der Waals surface area contributed by atoms with Crippen molar-refractivity contribution in [2.75, 3.05) is 13.1 Å². The summed E-state index contributed by atoms with van der Waals surface area (Å²) in [6.45, 7) is 3.91. The molecule has 8 heteroatoms. The lowest BCUT2D eigenvalue weighted by molar-refractivity contribution is -0.163. The summed E-state index contributed by atoms with van der Waals surface area (Å²) in [5.41, 5.74) is 0.237. The van der Waals surface area contributed by atoms with Crippen LogP contribution in [0.15, 0.2) is 60.7 Å². The third kappa shape index (κ3) is 5.66. The van der Waals surface area contributed by atoms with Crippen molar-refractivity contribution in [3.05, 3.63) is 71.8 Å². The highest BCUT2D eigenvalue weighted by Gasteiger charge is 2.42. The Hall–Kier alpha value is -3.68. The van der Waals surface area contributed by atoms with Crippen LogP contribution in [0.3, 0.4) is 0 Å². The van der Waals surface area contributed by atoms with Gasteiger partial charge in [0.25, 0.3) is 5.91 Å². The number of ether oxygens (including phenoxy) is 2. The number of rotatable bonds is 9. The molecule has 0 radical (unpaired) electrons. The third-order valence-corrected chi connectivity index (χ3v) is 4.32. The molecule has 30 heavy (non-hydrogen) atoms. The first-order valence-corrected chi connectivity index (χ1v) is 9.42. The van der Waals surface area contributed by atoms with E-state index in [0.29, 0.717) is 0 Å². The number of aliphatic carboxylic acids is 1. The number of amides is 1. The lowest BCUT2D eigenvalue weighted by atomic mass is 10.1. The first-order chi connectivity index (χ1) is 14.4. The maximum Gasteiger partial charge on any atom is 0.349 e. The van der Waals surface area contributed by atoms with E-state index in [2.05, 4.69) is 0 Å². The van der Waals surface area contributed by atoms with Crippen LogP contribution >= 0.6 is 0 Å². The quantitative estimate of drug-likeness (QED) is 0.629. The average Bonchev–Trinajstić information content (AvgIpc) is 2.77. The Kier molecular flexibility index (Phi) is 8.10. The van der Waals surface area contributed by atoms with Gasteiger partial charge in [-0.25, -0.2) is 14.4 Å². The molecular formula is C22H23NO7. The molecule has 0 aromatic heterocycles. The summed E-state index contributed by atoms with van der Waals surface area (Å²) in [7, 11) is 0. The van der Waals surface area contributed by atoms with Gasteiger partial charge in [-0.1, -0.05) is 36.4 Å². The predicted molar refractivity (Wildman–Crippen MR) is 107 cm³/mol. The third-order valence-electron chi connectivity index (χ3n) is 4.32. The fourth-order valence-corrected chi connectivity index (χ4v) is 2.71. The Balaban J connectivity index is 2.35. The van der Waals surface area contributed by atoms with Crippen molar-refractivity contribution in [1.29, 1.82) is 0 Å². The zero-order valence-electron chi connectivity index (χ0n) is 16.7. The molecule has 0 bridgehead atoms. The molecule has 0 saturated heterocycles. The normalized spacial score (nSPS) is 12.3. The molecule has 0 fully saturated rings. The van der Waals surface area contributed by atoms with Gasteiger partial charge >= 0.3 is 17.9 Å². The van der Waals surface area contributed by atoms with Crippen LogP contribution in [0, 0.1) is 0 Å². The van der Waals surface area contributed by atoms with E-state index in [1.165, 1.54) is 29.2 Å². The summed E-state index contributed by atoms with van der Waals surface area (Å²) in [4.78, 5) is 51.0. The van der Waals surface area contributed by atoms with Crippen molar-refractivity contribution in [3.8, 4) is 0 Å². The number of carbonyl (C=O) groups excluding carboxylic acids is 3. The van der Waals surface area contributed by atoms with Crippen molar-refractivity contribution in [2.24, 2.45) is 0 Å². The van der Waals surface area contributed by atoms with E-state index in [4.69, 9.17) is 9.47 Å². The van der Waals surface area contributed by atoms with E-state index in [-0.39, 0.29) is 24.2 Å². The van der Waals surface area contributed by atoms with Gasteiger partial charge in [0.1, 0.15) is 0 Å². The highest BCUT2D eigenvalue weighted by atomic mass is 16.6. The molecule has 0 aliphatic rings. The first-order valence-electron chi connectivity index (χ1n) is 9.42. The number of esters is 2. The summed E-state index contributed by atoms with van der Waals surface area (Å²) in [6, 6.07) is 15.6. The molecule has 2 atom stereocenters. The summed E-state index contributed by atoms with van der Waals surface area (Å²) in [6.07, 6.45) is -3.86. The summed E-state index contributed by atoms with van der Waals surface area (Å²) in [5.74, 6) is -4.22.